The molecule has 214 valence electrons. The summed E-state index contributed by atoms with van der Waals surface area (Å²) in [5.41, 5.74) is 0.734. The van der Waals surface area contributed by atoms with Crippen LogP contribution in [0.4, 0.5) is 5.13 Å². The summed E-state index contributed by atoms with van der Waals surface area (Å²) in [7, 11) is -1.35. The number of methoxy groups -OCH3 is 2. The minimum absolute atomic E-state index is 0.0992. The third kappa shape index (κ3) is 6.17. The van der Waals surface area contributed by atoms with Gasteiger partial charge in [-0.25, -0.2) is 18.2 Å². The summed E-state index contributed by atoms with van der Waals surface area (Å²) in [5.74, 6) is 1.12. The maximum atomic E-state index is 13.5. The van der Waals surface area contributed by atoms with E-state index in [1.807, 2.05) is 35.2 Å². The molecule has 1 aliphatic heterocycles. The van der Waals surface area contributed by atoms with Crippen LogP contribution in [0.1, 0.15) is 27.8 Å². The highest BCUT2D eigenvalue weighted by Gasteiger charge is 2.33. The van der Waals surface area contributed by atoms with Crippen LogP contribution < -0.4 is 14.4 Å². The first-order valence-corrected chi connectivity index (χ1v) is 14.9. The van der Waals surface area contributed by atoms with E-state index >= 15 is 0 Å². The molecule has 0 saturated carbocycles. The molecule has 0 amide bonds. The van der Waals surface area contributed by atoms with Crippen LogP contribution in [0.2, 0.25) is 0 Å². The summed E-state index contributed by atoms with van der Waals surface area (Å²) >= 11 is 1.14. The normalized spacial score (nSPS) is 14.9. The van der Waals surface area contributed by atoms with E-state index in [9.17, 15) is 18.3 Å². The molecule has 0 radical (unpaired) electrons. The predicted octanol–water partition coefficient (Wildman–Crippen LogP) is 3.72. The fourth-order valence-corrected chi connectivity index (χ4v) is 6.69. The van der Waals surface area contributed by atoms with Crippen LogP contribution in [0.3, 0.4) is 0 Å². The number of nitrogens with zero attached hydrogens (tertiary/aromatic N) is 4. The fourth-order valence-electron chi connectivity index (χ4n) is 4.34. The minimum atomic E-state index is -3.95. The molecule has 1 N–H and O–H groups in total. The summed E-state index contributed by atoms with van der Waals surface area (Å²) in [4.78, 5) is 18.3. The zero-order valence-electron chi connectivity index (χ0n) is 22.3. The summed E-state index contributed by atoms with van der Waals surface area (Å²) in [6.45, 7) is 1.12. The van der Waals surface area contributed by atoms with Crippen molar-refractivity contribution in [3.05, 3.63) is 89.7 Å². The predicted molar refractivity (Wildman–Crippen MR) is 152 cm³/mol. The van der Waals surface area contributed by atoms with Gasteiger partial charge in [0.2, 0.25) is 15.2 Å². The van der Waals surface area contributed by atoms with Gasteiger partial charge in [0.25, 0.3) is 0 Å². The summed E-state index contributed by atoms with van der Waals surface area (Å²) in [5, 5.41) is 11.5. The molecular weight excluding hydrogens is 568 g/mol. The maximum Gasteiger partial charge on any atom is 0.337 e. The minimum Gasteiger partial charge on any atom is -0.495 e. The smallest absolute Gasteiger partial charge is 0.337 e. The lowest BCUT2D eigenvalue weighted by Crippen LogP contribution is -2.48. The van der Waals surface area contributed by atoms with Crippen LogP contribution >= 0.6 is 11.5 Å². The van der Waals surface area contributed by atoms with E-state index in [0.29, 0.717) is 35.3 Å². The second-order valence-corrected chi connectivity index (χ2v) is 11.7. The van der Waals surface area contributed by atoms with Crippen LogP contribution in [0, 0.1) is 0 Å². The fraction of sp³-hybridized carbons (Fsp3) is 0.250. The van der Waals surface area contributed by atoms with Crippen molar-refractivity contribution < 1.29 is 32.5 Å². The van der Waals surface area contributed by atoms with E-state index in [0.717, 1.165) is 11.5 Å². The largest absolute Gasteiger partial charge is 0.495 e. The molecule has 3 aromatic carbocycles. The number of carbonyl (C=O) groups is 1. The van der Waals surface area contributed by atoms with Crippen LogP contribution in [-0.2, 0) is 14.8 Å². The Morgan fingerprint density at radius 1 is 0.951 bits per heavy atom. The molecule has 5 rings (SSSR count). The molecule has 1 atom stereocenters. The molecule has 1 aliphatic rings. The number of piperazine rings is 1. The lowest BCUT2D eigenvalue weighted by atomic mass is 10.1. The average molecular weight is 597 g/mol. The maximum absolute atomic E-state index is 13.5. The molecule has 1 fully saturated rings. The van der Waals surface area contributed by atoms with Crippen LogP contribution in [0.15, 0.2) is 77.7 Å². The Bertz CT molecular complexity index is 1600. The van der Waals surface area contributed by atoms with Gasteiger partial charge in [0, 0.05) is 37.7 Å². The summed E-state index contributed by atoms with van der Waals surface area (Å²) in [6, 6.07) is 20.6. The van der Waals surface area contributed by atoms with Crippen molar-refractivity contribution in [2.45, 2.75) is 11.0 Å². The number of aromatic nitrogens is 2. The lowest BCUT2D eigenvalue weighted by molar-refractivity contribution is 0.0600. The van der Waals surface area contributed by atoms with E-state index in [-0.39, 0.29) is 35.1 Å². The third-order valence-corrected chi connectivity index (χ3v) is 9.27. The van der Waals surface area contributed by atoms with Crippen LogP contribution in [0.5, 0.6) is 17.2 Å². The number of aliphatic hydroxyl groups excluding tert-OH is 1. The molecule has 2 heterocycles. The number of esters is 1. The van der Waals surface area contributed by atoms with E-state index in [1.165, 1.54) is 36.7 Å². The Balaban J connectivity index is 1.23. The van der Waals surface area contributed by atoms with Crippen molar-refractivity contribution in [3.8, 4) is 17.2 Å². The SMILES string of the molecule is COC(=O)c1ccc(OC)c(S(=O)(=O)N2CCN(c3nc(C(O)c4ccc(Oc5ccccc5)cc4)ns3)CC2)c1. The number of hydrogen-bond donors (Lipinski definition) is 1. The number of aliphatic hydroxyl groups is 1. The summed E-state index contributed by atoms with van der Waals surface area (Å²) < 4.78 is 48.4. The van der Waals surface area contributed by atoms with Gasteiger partial charge in [-0.15, -0.1) is 0 Å². The molecular formula is C28H28N4O7S2. The quantitative estimate of drug-likeness (QED) is 0.285. The van der Waals surface area contributed by atoms with Crippen molar-refractivity contribution in [2.75, 3.05) is 45.3 Å². The molecule has 1 saturated heterocycles. The van der Waals surface area contributed by atoms with Gasteiger partial charge in [0.1, 0.15) is 28.2 Å². The molecule has 13 heteroatoms. The molecule has 4 aromatic rings. The zero-order valence-corrected chi connectivity index (χ0v) is 24.0. The van der Waals surface area contributed by atoms with Crippen molar-refractivity contribution in [2.24, 2.45) is 0 Å². The molecule has 0 bridgehead atoms. The van der Waals surface area contributed by atoms with Gasteiger partial charge in [-0.05, 0) is 48.0 Å². The Labute approximate surface area is 241 Å². The van der Waals surface area contributed by atoms with E-state index in [2.05, 4.69) is 9.36 Å². The third-order valence-electron chi connectivity index (χ3n) is 6.56. The Morgan fingerprint density at radius 3 is 2.29 bits per heavy atom. The number of carbonyl (C=O) groups excluding carboxylic acids is 1. The number of sulfonamides is 1. The Morgan fingerprint density at radius 2 is 1.63 bits per heavy atom. The number of anilines is 1. The molecule has 1 unspecified atom stereocenters. The number of para-hydroxylation sites is 1. The van der Waals surface area contributed by atoms with E-state index in [4.69, 9.17) is 14.2 Å². The number of benzene rings is 3. The van der Waals surface area contributed by atoms with Gasteiger partial charge in [0.15, 0.2) is 5.82 Å². The first-order chi connectivity index (χ1) is 19.8. The molecule has 41 heavy (non-hydrogen) atoms. The highest BCUT2D eigenvalue weighted by Crippen LogP contribution is 2.31. The van der Waals surface area contributed by atoms with Crippen molar-refractivity contribution in [1.29, 1.82) is 0 Å². The molecule has 0 aliphatic carbocycles. The van der Waals surface area contributed by atoms with E-state index < -0.39 is 22.1 Å². The number of ether oxygens (including phenoxy) is 3. The van der Waals surface area contributed by atoms with Crippen molar-refractivity contribution in [3.63, 3.8) is 0 Å². The van der Waals surface area contributed by atoms with Crippen molar-refractivity contribution in [1.82, 2.24) is 13.7 Å². The molecule has 0 spiro atoms. The average Bonchev–Trinajstić information content (AvgIpc) is 3.51. The van der Waals surface area contributed by atoms with Crippen LogP contribution in [-0.4, -0.2) is 73.6 Å². The molecule has 11 nitrogen and oxygen atoms in total. The highest BCUT2D eigenvalue weighted by atomic mass is 32.2. The van der Waals surface area contributed by atoms with Gasteiger partial charge in [0.05, 0.1) is 19.8 Å². The second kappa shape index (κ2) is 12.2. The first-order valence-electron chi connectivity index (χ1n) is 12.7. The standard InChI is InChI=1S/C28H28N4O7S2/c1-37-23-13-10-20(27(34)38-2)18-24(23)41(35,36)32-16-14-31(15-17-32)28-29-26(30-40-28)25(33)19-8-11-22(12-9-19)39-21-6-4-3-5-7-21/h3-13,18,25,33H,14-17H2,1-2H3. The Kier molecular flexibility index (Phi) is 8.49. The second-order valence-electron chi connectivity index (χ2n) is 9.07. The van der Waals surface area contributed by atoms with Gasteiger partial charge < -0.3 is 24.2 Å². The number of hydrogen-bond acceptors (Lipinski definition) is 11. The first kappa shape index (κ1) is 28.5. The lowest BCUT2D eigenvalue weighted by Gasteiger charge is -2.33. The van der Waals surface area contributed by atoms with E-state index in [1.54, 1.807) is 24.3 Å². The van der Waals surface area contributed by atoms with Gasteiger partial charge in [-0.3, -0.25) is 0 Å². The molecule has 1 aromatic heterocycles. The van der Waals surface area contributed by atoms with Gasteiger partial charge in [-0.2, -0.15) is 8.68 Å². The topological polar surface area (TPSA) is 131 Å². The van der Waals surface area contributed by atoms with Crippen molar-refractivity contribution >= 4 is 32.7 Å². The van der Waals surface area contributed by atoms with Crippen LogP contribution in [0.25, 0.3) is 0 Å². The van der Waals surface area contributed by atoms with Gasteiger partial charge in [-0.1, -0.05) is 30.3 Å². The zero-order chi connectivity index (χ0) is 29.0. The van der Waals surface area contributed by atoms with Gasteiger partial charge >= 0.3 is 5.97 Å². The highest BCUT2D eigenvalue weighted by molar-refractivity contribution is 7.89. The Hall–Kier alpha value is -4.04. The summed E-state index contributed by atoms with van der Waals surface area (Å²) in [6.07, 6.45) is -1.03. The monoisotopic (exact) mass is 596 g/mol. The number of rotatable bonds is 9.